The number of piperidine rings is 1. The topological polar surface area (TPSA) is 69.6 Å². The van der Waals surface area contributed by atoms with E-state index in [1.54, 1.807) is 24.5 Å². The van der Waals surface area contributed by atoms with E-state index in [1.165, 1.54) is 38.8 Å². The smallest absolute Gasteiger partial charge is 0.354 e. The highest BCUT2D eigenvalue weighted by Gasteiger charge is 2.30. The van der Waals surface area contributed by atoms with Gasteiger partial charge in [0.2, 0.25) is 0 Å². The van der Waals surface area contributed by atoms with Gasteiger partial charge in [0.15, 0.2) is 10.8 Å². The molecule has 0 bridgehead atoms. The zero-order valence-corrected chi connectivity index (χ0v) is 18.0. The summed E-state index contributed by atoms with van der Waals surface area (Å²) >= 11 is 1.75. The quantitative estimate of drug-likeness (QED) is 0.671. The van der Waals surface area contributed by atoms with Gasteiger partial charge in [0.25, 0.3) is 0 Å². The molecule has 2 fully saturated rings. The summed E-state index contributed by atoms with van der Waals surface area (Å²) in [5, 5.41) is 10.3. The largest absolute Gasteiger partial charge is 0.477 e. The molecule has 2 aromatic heterocycles. The van der Waals surface area contributed by atoms with Crippen LogP contribution in [0.4, 0.5) is 5.13 Å². The second-order valence-electron chi connectivity index (χ2n) is 8.36. The van der Waals surface area contributed by atoms with Crippen LogP contribution in [0.2, 0.25) is 0 Å². The number of carboxylic acid groups (broad SMARTS) is 1. The molecule has 7 heteroatoms. The van der Waals surface area contributed by atoms with Crippen molar-refractivity contribution in [2.75, 3.05) is 31.1 Å². The van der Waals surface area contributed by atoms with Crippen LogP contribution in [0.3, 0.4) is 0 Å². The number of rotatable bonds is 4. The molecule has 2 saturated heterocycles. The Bertz CT molecular complexity index is 1090. The van der Waals surface area contributed by atoms with Crippen LogP contribution in [0, 0.1) is 6.92 Å². The lowest BCUT2D eigenvalue weighted by Crippen LogP contribution is -2.40. The molecule has 156 valence electrons. The fourth-order valence-corrected chi connectivity index (χ4v) is 5.72. The van der Waals surface area contributed by atoms with Crippen LogP contribution in [-0.4, -0.2) is 58.2 Å². The van der Waals surface area contributed by atoms with Crippen molar-refractivity contribution < 1.29 is 9.90 Å². The van der Waals surface area contributed by atoms with Gasteiger partial charge in [-0.25, -0.2) is 14.8 Å². The summed E-state index contributed by atoms with van der Waals surface area (Å²) in [5.41, 5.74) is 3.77. The number of fused-ring (bicyclic) bond motifs is 1. The van der Waals surface area contributed by atoms with Crippen LogP contribution < -0.4 is 4.90 Å². The molecule has 0 spiro atoms. The maximum absolute atomic E-state index is 11.2. The summed E-state index contributed by atoms with van der Waals surface area (Å²) in [4.78, 5) is 25.4. The standard InChI is InChI=1S/C23H26N4O2S/c1-15-11-17(13-24-21(15)22(28)29)16-5-6-19-20(12-16)30-23(25-19)27-10-7-18(14-27)26-8-3-2-4-9-26/h5-6,11-13,18H,2-4,7-10,14H2,1H3,(H,28,29). The normalized spacial score (nSPS) is 20.2. The monoisotopic (exact) mass is 422 g/mol. The van der Waals surface area contributed by atoms with E-state index in [0.29, 0.717) is 11.6 Å². The predicted molar refractivity (Wildman–Crippen MR) is 121 cm³/mol. The Balaban J connectivity index is 1.37. The van der Waals surface area contributed by atoms with Crippen LogP contribution in [0.5, 0.6) is 0 Å². The summed E-state index contributed by atoms with van der Waals surface area (Å²) < 4.78 is 1.16. The van der Waals surface area contributed by atoms with Gasteiger partial charge in [-0.2, -0.15) is 0 Å². The number of hydrogen-bond acceptors (Lipinski definition) is 6. The number of carboxylic acids is 1. The molecule has 5 rings (SSSR count). The predicted octanol–water partition coefficient (Wildman–Crippen LogP) is 4.43. The van der Waals surface area contributed by atoms with E-state index in [9.17, 15) is 9.90 Å². The van der Waals surface area contributed by atoms with Gasteiger partial charge in [0.1, 0.15) is 0 Å². The van der Waals surface area contributed by atoms with E-state index in [1.807, 2.05) is 12.1 Å². The zero-order valence-electron chi connectivity index (χ0n) is 17.2. The number of nitrogens with zero attached hydrogens (tertiary/aromatic N) is 4. The van der Waals surface area contributed by atoms with E-state index in [2.05, 4.69) is 26.9 Å². The third kappa shape index (κ3) is 3.68. The van der Waals surface area contributed by atoms with E-state index in [4.69, 9.17) is 4.98 Å². The minimum Gasteiger partial charge on any atom is -0.477 e. The maximum atomic E-state index is 11.2. The number of anilines is 1. The molecular weight excluding hydrogens is 396 g/mol. The number of carbonyl (C=O) groups is 1. The second kappa shape index (κ2) is 7.96. The van der Waals surface area contributed by atoms with Crippen molar-refractivity contribution in [1.82, 2.24) is 14.9 Å². The zero-order chi connectivity index (χ0) is 20.7. The highest BCUT2D eigenvalue weighted by molar-refractivity contribution is 7.22. The van der Waals surface area contributed by atoms with Crippen LogP contribution in [0.15, 0.2) is 30.5 Å². The molecule has 3 aromatic rings. The number of thiazole rings is 1. The molecule has 1 unspecified atom stereocenters. The summed E-state index contributed by atoms with van der Waals surface area (Å²) in [5.74, 6) is -0.991. The van der Waals surface area contributed by atoms with Crippen LogP contribution in [-0.2, 0) is 0 Å². The number of aromatic nitrogens is 2. The molecule has 1 aromatic carbocycles. The first-order valence-electron chi connectivity index (χ1n) is 10.7. The first-order valence-corrected chi connectivity index (χ1v) is 11.5. The molecule has 2 aliphatic rings. The van der Waals surface area contributed by atoms with Crippen molar-refractivity contribution >= 4 is 32.7 Å². The van der Waals surface area contributed by atoms with Gasteiger partial charge in [0.05, 0.1) is 10.2 Å². The summed E-state index contributed by atoms with van der Waals surface area (Å²) in [6, 6.07) is 8.80. The Morgan fingerprint density at radius 3 is 2.73 bits per heavy atom. The van der Waals surface area contributed by atoms with E-state index >= 15 is 0 Å². The number of benzene rings is 1. The Morgan fingerprint density at radius 1 is 1.13 bits per heavy atom. The summed E-state index contributed by atoms with van der Waals surface area (Å²) in [7, 11) is 0. The number of aromatic carboxylic acids is 1. The van der Waals surface area contributed by atoms with Crippen molar-refractivity contribution in [3.05, 3.63) is 41.7 Å². The van der Waals surface area contributed by atoms with Crippen LogP contribution >= 0.6 is 11.3 Å². The lowest BCUT2D eigenvalue weighted by molar-refractivity contribution is 0.0689. The van der Waals surface area contributed by atoms with Gasteiger partial charge in [-0.3, -0.25) is 4.90 Å². The molecule has 0 saturated carbocycles. The van der Waals surface area contributed by atoms with Crippen LogP contribution in [0.1, 0.15) is 41.7 Å². The molecule has 0 amide bonds. The minimum atomic E-state index is -0.991. The first-order chi connectivity index (χ1) is 14.6. The Morgan fingerprint density at radius 2 is 1.97 bits per heavy atom. The first kappa shape index (κ1) is 19.5. The minimum absolute atomic E-state index is 0.109. The number of hydrogen-bond donors (Lipinski definition) is 1. The molecule has 6 nitrogen and oxygen atoms in total. The second-order valence-corrected chi connectivity index (χ2v) is 9.37. The molecule has 1 atom stereocenters. The molecule has 0 aliphatic carbocycles. The van der Waals surface area contributed by atoms with Crippen molar-refractivity contribution in [2.45, 2.75) is 38.6 Å². The highest BCUT2D eigenvalue weighted by atomic mass is 32.1. The highest BCUT2D eigenvalue weighted by Crippen LogP contribution is 2.34. The Labute approximate surface area is 180 Å². The van der Waals surface area contributed by atoms with E-state index in [0.717, 1.165) is 39.6 Å². The fraction of sp³-hybridized carbons (Fsp3) is 0.435. The van der Waals surface area contributed by atoms with Gasteiger partial charge in [-0.15, -0.1) is 0 Å². The Hall–Kier alpha value is -2.51. The van der Waals surface area contributed by atoms with Crippen molar-refractivity contribution in [2.24, 2.45) is 0 Å². The summed E-state index contributed by atoms with van der Waals surface area (Å²) in [6.07, 6.45) is 6.91. The van der Waals surface area contributed by atoms with Gasteiger partial charge in [-0.05, 0) is 68.6 Å². The lowest BCUT2D eigenvalue weighted by Gasteiger charge is -2.32. The van der Waals surface area contributed by atoms with Crippen molar-refractivity contribution in [3.63, 3.8) is 0 Å². The lowest BCUT2D eigenvalue weighted by atomic mass is 10.0. The van der Waals surface area contributed by atoms with Crippen molar-refractivity contribution in [3.8, 4) is 11.1 Å². The summed E-state index contributed by atoms with van der Waals surface area (Å²) in [6.45, 7) is 6.43. The fourth-order valence-electron chi connectivity index (χ4n) is 4.68. The van der Waals surface area contributed by atoms with Crippen LogP contribution in [0.25, 0.3) is 21.3 Å². The number of likely N-dealkylation sites (tertiary alicyclic amines) is 1. The van der Waals surface area contributed by atoms with Gasteiger partial charge >= 0.3 is 5.97 Å². The average molecular weight is 423 g/mol. The molecule has 1 N–H and O–H groups in total. The average Bonchev–Trinajstić information content (AvgIpc) is 3.40. The molecular formula is C23H26N4O2S. The third-order valence-electron chi connectivity index (χ3n) is 6.33. The molecule has 30 heavy (non-hydrogen) atoms. The molecule has 0 radical (unpaired) electrons. The maximum Gasteiger partial charge on any atom is 0.354 e. The van der Waals surface area contributed by atoms with E-state index < -0.39 is 5.97 Å². The Kier molecular flexibility index (Phi) is 5.16. The van der Waals surface area contributed by atoms with Gasteiger partial charge < -0.3 is 10.0 Å². The third-order valence-corrected chi connectivity index (χ3v) is 7.41. The molecule has 4 heterocycles. The van der Waals surface area contributed by atoms with E-state index in [-0.39, 0.29) is 5.69 Å². The molecule has 2 aliphatic heterocycles. The van der Waals surface area contributed by atoms with Gasteiger partial charge in [-0.1, -0.05) is 23.8 Å². The van der Waals surface area contributed by atoms with Gasteiger partial charge in [0, 0.05) is 30.9 Å². The SMILES string of the molecule is Cc1cc(-c2ccc3nc(N4CCC(N5CCCCC5)C4)sc3c2)cnc1C(=O)O. The number of aryl methyl sites for hydroxylation is 1. The van der Waals surface area contributed by atoms with Crippen molar-refractivity contribution in [1.29, 1.82) is 0 Å². The number of pyridine rings is 1.